The third-order valence-corrected chi connectivity index (χ3v) is 3.43. The maximum Gasteiger partial charge on any atom is 0.241 e. The summed E-state index contributed by atoms with van der Waals surface area (Å²) in [4.78, 5) is 13.9. The highest BCUT2D eigenvalue weighted by Gasteiger charge is 2.32. The van der Waals surface area contributed by atoms with Crippen molar-refractivity contribution in [2.24, 2.45) is 5.92 Å². The molecule has 0 saturated carbocycles. The van der Waals surface area contributed by atoms with Crippen molar-refractivity contribution in [2.45, 2.75) is 65.5 Å². The lowest BCUT2D eigenvalue weighted by Crippen LogP contribution is -2.36. The lowest BCUT2D eigenvalue weighted by atomic mass is 10.0. The van der Waals surface area contributed by atoms with Gasteiger partial charge in [-0.1, -0.05) is 33.6 Å². The van der Waals surface area contributed by atoms with Crippen LogP contribution in [-0.2, 0) is 4.79 Å². The first kappa shape index (κ1) is 13.5. The van der Waals surface area contributed by atoms with Crippen molar-refractivity contribution in [1.82, 2.24) is 10.2 Å². The molecule has 1 heterocycles. The SMILES string of the molecule is CCC1NCN(C(C)CCCC(C)C)C1=O. The average Bonchev–Trinajstić information content (AvgIpc) is 2.58. The van der Waals surface area contributed by atoms with Crippen LogP contribution in [0.5, 0.6) is 0 Å². The molecule has 0 aromatic carbocycles. The number of amides is 1. The minimum absolute atomic E-state index is 0.0625. The first-order valence-electron chi connectivity index (χ1n) is 6.60. The Morgan fingerprint density at radius 3 is 2.56 bits per heavy atom. The number of nitrogens with zero attached hydrogens (tertiary/aromatic N) is 1. The van der Waals surface area contributed by atoms with Gasteiger partial charge in [-0.15, -0.1) is 0 Å². The van der Waals surface area contributed by atoms with Crippen molar-refractivity contribution < 1.29 is 4.79 Å². The molecule has 1 fully saturated rings. The highest BCUT2D eigenvalue weighted by molar-refractivity contribution is 5.83. The van der Waals surface area contributed by atoms with Crippen LogP contribution < -0.4 is 5.32 Å². The van der Waals surface area contributed by atoms with Gasteiger partial charge in [0.2, 0.25) is 5.91 Å². The van der Waals surface area contributed by atoms with E-state index in [4.69, 9.17) is 0 Å². The minimum atomic E-state index is 0.0625. The molecule has 1 saturated heterocycles. The van der Waals surface area contributed by atoms with Gasteiger partial charge in [0, 0.05) is 6.04 Å². The monoisotopic (exact) mass is 226 g/mol. The summed E-state index contributed by atoms with van der Waals surface area (Å²) in [7, 11) is 0. The molecule has 0 spiro atoms. The molecule has 3 heteroatoms. The molecule has 0 aliphatic carbocycles. The van der Waals surface area contributed by atoms with Crippen LogP contribution in [0.25, 0.3) is 0 Å². The molecule has 1 amide bonds. The zero-order valence-electron chi connectivity index (χ0n) is 11.1. The predicted molar refractivity (Wildman–Crippen MR) is 67.1 cm³/mol. The van der Waals surface area contributed by atoms with Crippen LogP contribution in [-0.4, -0.2) is 29.6 Å². The van der Waals surface area contributed by atoms with Gasteiger partial charge in [0.25, 0.3) is 0 Å². The Kier molecular flexibility index (Phi) is 5.26. The summed E-state index contributed by atoms with van der Waals surface area (Å²) in [5.74, 6) is 1.06. The highest BCUT2D eigenvalue weighted by Crippen LogP contribution is 2.16. The fraction of sp³-hybridized carbons (Fsp3) is 0.923. The predicted octanol–water partition coefficient (Wildman–Crippen LogP) is 2.37. The van der Waals surface area contributed by atoms with E-state index in [1.54, 1.807) is 0 Å². The molecule has 2 unspecified atom stereocenters. The van der Waals surface area contributed by atoms with Gasteiger partial charge in [-0.05, 0) is 25.7 Å². The summed E-state index contributed by atoms with van der Waals surface area (Å²) < 4.78 is 0. The van der Waals surface area contributed by atoms with Crippen LogP contribution in [0, 0.1) is 5.92 Å². The smallest absolute Gasteiger partial charge is 0.241 e. The molecular formula is C13H26N2O. The number of rotatable bonds is 6. The average molecular weight is 226 g/mol. The number of carbonyl (C=O) groups is 1. The van der Waals surface area contributed by atoms with Gasteiger partial charge >= 0.3 is 0 Å². The normalized spacial score (nSPS) is 23.2. The molecule has 0 bridgehead atoms. The van der Waals surface area contributed by atoms with E-state index in [0.717, 1.165) is 25.4 Å². The number of carbonyl (C=O) groups excluding carboxylic acids is 1. The first-order valence-corrected chi connectivity index (χ1v) is 6.60. The zero-order chi connectivity index (χ0) is 12.1. The molecule has 94 valence electrons. The Balaban J connectivity index is 2.32. The van der Waals surface area contributed by atoms with Gasteiger partial charge in [-0.25, -0.2) is 0 Å². The lowest BCUT2D eigenvalue weighted by Gasteiger charge is -2.24. The van der Waals surface area contributed by atoms with Crippen molar-refractivity contribution in [3.63, 3.8) is 0 Å². The zero-order valence-corrected chi connectivity index (χ0v) is 11.1. The molecule has 3 nitrogen and oxygen atoms in total. The van der Waals surface area contributed by atoms with Gasteiger partial charge in [-0.3, -0.25) is 10.1 Å². The quantitative estimate of drug-likeness (QED) is 0.754. The summed E-state index contributed by atoms with van der Waals surface area (Å²) in [6.45, 7) is 9.46. The molecule has 0 aromatic rings. The van der Waals surface area contributed by atoms with Crippen molar-refractivity contribution in [3.05, 3.63) is 0 Å². The third-order valence-electron chi connectivity index (χ3n) is 3.43. The van der Waals surface area contributed by atoms with Crippen molar-refractivity contribution in [3.8, 4) is 0 Å². The molecule has 0 aromatic heterocycles. The maximum absolute atomic E-state index is 11.9. The van der Waals surface area contributed by atoms with Crippen LogP contribution in [0.15, 0.2) is 0 Å². The molecule has 0 radical (unpaired) electrons. The second-order valence-electron chi connectivity index (χ2n) is 5.30. The van der Waals surface area contributed by atoms with Crippen molar-refractivity contribution in [2.75, 3.05) is 6.67 Å². The molecule has 1 aliphatic heterocycles. The van der Waals surface area contributed by atoms with Crippen LogP contribution in [0.1, 0.15) is 53.4 Å². The fourth-order valence-electron chi connectivity index (χ4n) is 2.24. The number of hydrogen-bond donors (Lipinski definition) is 1. The molecule has 1 rings (SSSR count). The van der Waals surface area contributed by atoms with Crippen LogP contribution in [0.2, 0.25) is 0 Å². The van der Waals surface area contributed by atoms with E-state index in [9.17, 15) is 4.79 Å². The topological polar surface area (TPSA) is 32.3 Å². The van der Waals surface area contributed by atoms with E-state index in [1.807, 2.05) is 4.90 Å². The molecule has 1 N–H and O–H groups in total. The molecular weight excluding hydrogens is 200 g/mol. The third kappa shape index (κ3) is 3.48. The van der Waals surface area contributed by atoms with Gasteiger partial charge in [0.15, 0.2) is 0 Å². The Hall–Kier alpha value is -0.570. The van der Waals surface area contributed by atoms with Crippen LogP contribution in [0.4, 0.5) is 0 Å². The standard InChI is InChI=1S/C13H26N2O/c1-5-12-13(16)15(9-14-12)11(4)8-6-7-10(2)3/h10-12,14H,5-9H2,1-4H3. The van der Waals surface area contributed by atoms with Gasteiger partial charge < -0.3 is 4.90 Å². The van der Waals surface area contributed by atoms with Crippen molar-refractivity contribution >= 4 is 5.91 Å². The van der Waals surface area contributed by atoms with Gasteiger partial charge in [-0.2, -0.15) is 0 Å². The van der Waals surface area contributed by atoms with Crippen LogP contribution in [0.3, 0.4) is 0 Å². The molecule has 2 atom stereocenters. The van der Waals surface area contributed by atoms with Gasteiger partial charge in [0.1, 0.15) is 0 Å². The highest BCUT2D eigenvalue weighted by atomic mass is 16.2. The summed E-state index contributed by atoms with van der Waals surface area (Å²) in [6.07, 6.45) is 4.51. The number of nitrogens with one attached hydrogen (secondary N) is 1. The second-order valence-corrected chi connectivity index (χ2v) is 5.30. The van der Waals surface area contributed by atoms with E-state index in [-0.39, 0.29) is 6.04 Å². The summed E-state index contributed by atoms with van der Waals surface area (Å²) >= 11 is 0. The van der Waals surface area contributed by atoms with E-state index in [1.165, 1.54) is 12.8 Å². The van der Waals surface area contributed by atoms with E-state index in [0.29, 0.717) is 11.9 Å². The molecule has 1 aliphatic rings. The largest absolute Gasteiger partial charge is 0.326 e. The lowest BCUT2D eigenvalue weighted by molar-refractivity contribution is -0.130. The second kappa shape index (κ2) is 6.24. The van der Waals surface area contributed by atoms with E-state index < -0.39 is 0 Å². The summed E-state index contributed by atoms with van der Waals surface area (Å²) in [5.41, 5.74) is 0. The Morgan fingerprint density at radius 1 is 1.38 bits per heavy atom. The van der Waals surface area contributed by atoms with E-state index in [2.05, 4.69) is 33.0 Å². The Bertz CT molecular complexity index is 228. The summed E-state index contributed by atoms with van der Waals surface area (Å²) in [5, 5.41) is 3.26. The Morgan fingerprint density at radius 2 is 2.06 bits per heavy atom. The van der Waals surface area contributed by atoms with E-state index >= 15 is 0 Å². The number of hydrogen-bond acceptors (Lipinski definition) is 2. The Labute approximate surface area is 99.6 Å². The minimum Gasteiger partial charge on any atom is -0.326 e. The van der Waals surface area contributed by atoms with Gasteiger partial charge in [0.05, 0.1) is 12.7 Å². The summed E-state index contributed by atoms with van der Waals surface area (Å²) in [6, 6.07) is 0.447. The maximum atomic E-state index is 11.9. The fourth-order valence-corrected chi connectivity index (χ4v) is 2.24. The first-order chi connectivity index (χ1) is 7.56. The van der Waals surface area contributed by atoms with Crippen LogP contribution >= 0.6 is 0 Å². The molecule has 16 heavy (non-hydrogen) atoms. The van der Waals surface area contributed by atoms with Crippen molar-refractivity contribution in [1.29, 1.82) is 0 Å².